The minimum Gasteiger partial charge on any atom is -0.379 e. The van der Waals surface area contributed by atoms with E-state index >= 15 is 0 Å². The van der Waals surface area contributed by atoms with Crippen molar-refractivity contribution in [3.8, 4) is 0 Å². The molecule has 0 radical (unpaired) electrons. The number of hydrogen-bond donors (Lipinski definition) is 1. The van der Waals surface area contributed by atoms with Gasteiger partial charge in [-0.25, -0.2) is 4.99 Å². The number of piperidine rings is 1. The van der Waals surface area contributed by atoms with Gasteiger partial charge in [-0.3, -0.25) is 9.80 Å². The van der Waals surface area contributed by atoms with E-state index in [9.17, 15) is 0 Å². The average Bonchev–Trinajstić information content (AvgIpc) is 3.30. The van der Waals surface area contributed by atoms with Gasteiger partial charge >= 0.3 is 0 Å². The Bertz CT molecular complexity index is 692. The Balaban J connectivity index is 1.30. The summed E-state index contributed by atoms with van der Waals surface area (Å²) < 4.78 is 5.52. The molecule has 3 fully saturated rings. The third-order valence-corrected chi connectivity index (χ3v) is 7.08. The Morgan fingerprint density at radius 2 is 1.71 bits per heavy atom. The molecule has 6 heteroatoms. The molecule has 31 heavy (non-hydrogen) atoms. The van der Waals surface area contributed by atoms with Crippen molar-refractivity contribution < 1.29 is 4.74 Å². The number of benzene rings is 1. The topological polar surface area (TPSA) is 43.3 Å². The summed E-state index contributed by atoms with van der Waals surface area (Å²) in [5, 5.41) is 3.51. The molecule has 0 aliphatic carbocycles. The summed E-state index contributed by atoms with van der Waals surface area (Å²) in [6.07, 6.45) is 3.89. The van der Waals surface area contributed by atoms with Crippen molar-refractivity contribution in [1.29, 1.82) is 0 Å². The normalized spacial score (nSPS) is 24.6. The molecule has 1 N–H and O–H groups in total. The van der Waals surface area contributed by atoms with Gasteiger partial charge in [-0.15, -0.1) is 0 Å². The van der Waals surface area contributed by atoms with E-state index in [1.807, 2.05) is 0 Å². The molecule has 6 nitrogen and oxygen atoms in total. The van der Waals surface area contributed by atoms with E-state index < -0.39 is 0 Å². The molecule has 0 amide bonds. The number of nitrogens with zero attached hydrogens (tertiary/aromatic N) is 4. The van der Waals surface area contributed by atoms with Crippen molar-refractivity contribution in [2.24, 2.45) is 10.9 Å². The van der Waals surface area contributed by atoms with Crippen LogP contribution in [0.15, 0.2) is 29.3 Å². The molecule has 0 saturated carbocycles. The van der Waals surface area contributed by atoms with Gasteiger partial charge < -0.3 is 15.0 Å². The summed E-state index contributed by atoms with van der Waals surface area (Å²) >= 11 is 0. The highest BCUT2D eigenvalue weighted by Gasteiger charge is 2.30. The Morgan fingerprint density at radius 1 is 1.00 bits per heavy atom. The summed E-state index contributed by atoms with van der Waals surface area (Å²) in [5.41, 5.74) is 2.71. The summed E-state index contributed by atoms with van der Waals surface area (Å²) in [7, 11) is 0. The van der Waals surface area contributed by atoms with Crippen LogP contribution in [0.3, 0.4) is 0 Å². The van der Waals surface area contributed by atoms with E-state index in [1.165, 1.54) is 43.5 Å². The Hall–Kier alpha value is -1.63. The van der Waals surface area contributed by atoms with Crippen LogP contribution < -0.4 is 5.32 Å². The molecule has 4 rings (SSSR count). The second-order valence-corrected chi connectivity index (χ2v) is 9.48. The zero-order valence-electron chi connectivity index (χ0n) is 19.6. The third-order valence-electron chi connectivity index (χ3n) is 7.08. The fourth-order valence-electron chi connectivity index (χ4n) is 5.00. The molecule has 3 aliphatic heterocycles. The summed E-state index contributed by atoms with van der Waals surface area (Å²) in [6.45, 7) is 15.8. The Kier molecular flexibility index (Phi) is 8.22. The van der Waals surface area contributed by atoms with Crippen LogP contribution in [-0.4, -0.2) is 85.7 Å². The molecule has 3 aliphatic rings. The molecule has 1 aromatic carbocycles. The minimum atomic E-state index is 0.629. The zero-order chi connectivity index (χ0) is 21.5. The van der Waals surface area contributed by atoms with Crippen LogP contribution in [-0.2, 0) is 17.8 Å². The predicted octanol–water partition coefficient (Wildman–Crippen LogP) is 2.79. The van der Waals surface area contributed by atoms with E-state index in [2.05, 4.69) is 58.1 Å². The van der Waals surface area contributed by atoms with E-state index in [-0.39, 0.29) is 0 Å². The highest BCUT2D eigenvalue weighted by Crippen LogP contribution is 2.19. The number of rotatable bonds is 6. The Morgan fingerprint density at radius 3 is 2.42 bits per heavy atom. The SMILES string of the molecule is CCNC(=NCc1ccc(CN2CCC(C)CC2)cc1)N1CCC(N2CCOCC2)C1. The number of morpholine rings is 1. The van der Waals surface area contributed by atoms with Crippen molar-refractivity contribution in [3.63, 3.8) is 0 Å². The number of likely N-dealkylation sites (tertiary alicyclic amines) is 2. The van der Waals surface area contributed by atoms with Gasteiger partial charge in [-0.05, 0) is 56.3 Å². The summed E-state index contributed by atoms with van der Waals surface area (Å²) in [5.74, 6) is 1.95. The van der Waals surface area contributed by atoms with E-state index in [0.29, 0.717) is 6.04 Å². The maximum atomic E-state index is 5.52. The fourth-order valence-corrected chi connectivity index (χ4v) is 5.00. The zero-order valence-corrected chi connectivity index (χ0v) is 19.6. The van der Waals surface area contributed by atoms with E-state index in [4.69, 9.17) is 9.73 Å². The second kappa shape index (κ2) is 11.3. The second-order valence-electron chi connectivity index (χ2n) is 9.48. The number of ether oxygens (including phenoxy) is 1. The molecule has 1 aromatic rings. The Labute approximate surface area is 188 Å². The molecule has 1 atom stereocenters. The van der Waals surface area contributed by atoms with Crippen molar-refractivity contribution in [1.82, 2.24) is 20.0 Å². The quantitative estimate of drug-likeness (QED) is 0.559. The van der Waals surface area contributed by atoms with Crippen LogP contribution in [0.2, 0.25) is 0 Å². The van der Waals surface area contributed by atoms with Gasteiger partial charge in [0.25, 0.3) is 0 Å². The number of guanidine groups is 1. The van der Waals surface area contributed by atoms with Crippen LogP contribution in [0, 0.1) is 5.92 Å². The maximum Gasteiger partial charge on any atom is 0.194 e. The van der Waals surface area contributed by atoms with Gasteiger partial charge in [-0.2, -0.15) is 0 Å². The summed E-state index contributed by atoms with van der Waals surface area (Å²) in [6, 6.07) is 9.73. The first-order chi connectivity index (χ1) is 15.2. The van der Waals surface area contributed by atoms with E-state index in [0.717, 1.165) is 70.9 Å². The van der Waals surface area contributed by atoms with Crippen LogP contribution in [0.25, 0.3) is 0 Å². The molecule has 3 saturated heterocycles. The largest absolute Gasteiger partial charge is 0.379 e. The first-order valence-electron chi connectivity index (χ1n) is 12.4. The van der Waals surface area contributed by atoms with Gasteiger partial charge in [0, 0.05) is 45.3 Å². The molecular weight excluding hydrogens is 386 g/mol. The highest BCUT2D eigenvalue weighted by atomic mass is 16.5. The van der Waals surface area contributed by atoms with Crippen molar-refractivity contribution >= 4 is 5.96 Å². The molecule has 0 bridgehead atoms. The van der Waals surface area contributed by atoms with Gasteiger partial charge in [0.15, 0.2) is 5.96 Å². The lowest BCUT2D eigenvalue weighted by Gasteiger charge is -2.32. The highest BCUT2D eigenvalue weighted by molar-refractivity contribution is 5.80. The predicted molar refractivity (Wildman–Crippen MR) is 127 cm³/mol. The molecule has 3 heterocycles. The smallest absolute Gasteiger partial charge is 0.194 e. The molecule has 172 valence electrons. The molecule has 0 spiro atoms. The number of nitrogens with one attached hydrogen (secondary N) is 1. The first kappa shape index (κ1) is 22.6. The summed E-state index contributed by atoms with van der Waals surface area (Å²) in [4.78, 5) is 12.6. The average molecular weight is 428 g/mol. The van der Waals surface area contributed by atoms with Crippen LogP contribution in [0.4, 0.5) is 0 Å². The standard InChI is InChI=1S/C25H41N5O/c1-3-26-25(30-13-10-24(20-30)29-14-16-31-17-15-29)27-18-22-4-6-23(7-5-22)19-28-11-8-21(2)9-12-28/h4-7,21,24H,3,8-20H2,1-2H3,(H,26,27). The van der Waals surface area contributed by atoms with Crippen LogP contribution in [0.5, 0.6) is 0 Å². The number of aliphatic imine (C=N–C) groups is 1. The van der Waals surface area contributed by atoms with Gasteiger partial charge in [-0.1, -0.05) is 31.2 Å². The lowest BCUT2D eigenvalue weighted by atomic mass is 9.99. The number of hydrogen-bond acceptors (Lipinski definition) is 4. The lowest BCUT2D eigenvalue weighted by molar-refractivity contribution is 0.0195. The van der Waals surface area contributed by atoms with Gasteiger partial charge in [0.2, 0.25) is 0 Å². The fraction of sp³-hybridized carbons (Fsp3) is 0.720. The van der Waals surface area contributed by atoms with Crippen LogP contribution in [0.1, 0.15) is 44.2 Å². The minimum absolute atomic E-state index is 0.629. The molecule has 0 aromatic heterocycles. The molecule has 1 unspecified atom stereocenters. The van der Waals surface area contributed by atoms with Gasteiger partial charge in [0.05, 0.1) is 19.8 Å². The monoisotopic (exact) mass is 427 g/mol. The van der Waals surface area contributed by atoms with Crippen molar-refractivity contribution in [3.05, 3.63) is 35.4 Å². The maximum absolute atomic E-state index is 5.52. The van der Waals surface area contributed by atoms with Crippen LogP contribution >= 0.6 is 0 Å². The first-order valence-corrected chi connectivity index (χ1v) is 12.4. The van der Waals surface area contributed by atoms with Crippen molar-refractivity contribution in [2.45, 2.75) is 52.2 Å². The molecular formula is C25H41N5O. The van der Waals surface area contributed by atoms with Gasteiger partial charge in [0.1, 0.15) is 0 Å². The lowest BCUT2D eigenvalue weighted by Crippen LogP contribution is -2.46. The van der Waals surface area contributed by atoms with Crippen molar-refractivity contribution in [2.75, 3.05) is 59.0 Å². The third kappa shape index (κ3) is 6.43. The van der Waals surface area contributed by atoms with E-state index in [1.54, 1.807) is 0 Å².